The Morgan fingerprint density at radius 1 is 1.25 bits per heavy atom. The van der Waals surface area contributed by atoms with Crippen LogP contribution in [0, 0.1) is 5.92 Å². The predicted octanol–water partition coefficient (Wildman–Crippen LogP) is 3.88. The molecule has 2 heteroatoms. The van der Waals surface area contributed by atoms with E-state index >= 15 is 0 Å². The van der Waals surface area contributed by atoms with E-state index in [-0.39, 0.29) is 11.9 Å². The van der Waals surface area contributed by atoms with Gasteiger partial charge in [0.15, 0.2) is 0 Å². The molecule has 1 aliphatic carbocycles. The Morgan fingerprint density at radius 2 is 1.81 bits per heavy atom. The van der Waals surface area contributed by atoms with Gasteiger partial charge in [0.1, 0.15) is 0 Å². The van der Waals surface area contributed by atoms with Crippen LogP contribution in [-0.4, -0.2) is 13.1 Å². The molecule has 1 rings (SSSR count). The van der Waals surface area contributed by atoms with Gasteiger partial charge >= 0.3 is 5.97 Å². The summed E-state index contributed by atoms with van der Waals surface area (Å²) in [6, 6.07) is 0. The summed E-state index contributed by atoms with van der Waals surface area (Å²) in [5.74, 6) is -0.00518. The van der Waals surface area contributed by atoms with Crippen molar-refractivity contribution in [2.75, 3.05) is 7.11 Å². The largest absolute Gasteiger partial charge is 0.469 e. The Labute approximate surface area is 99.4 Å². The van der Waals surface area contributed by atoms with Gasteiger partial charge in [-0.25, -0.2) is 0 Å². The average molecular weight is 224 g/mol. The second-order valence-corrected chi connectivity index (χ2v) is 3.59. The van der Waals surface area contributed by atoms with E-state index in [1.54, 1.807) is 0 Å². The predicted molar refractivity (Wildman–Crippen MR) is 68.2 cm³/mol. The lowest BCUT2D eigenvalue weighted by molar-refractivity contribution is -0.145. The van der Waals surface area contributed by atoms with Crippen molar-refractivity contribution in [3.05, 3.63) is 23.3 Å². The van der Waals surface area contributed by atoms with Gasteiger partial charge in [-0.2, -0.15) is 0 Å². The normalized spacial score (nSPS) is 24.9. The molecule has 0 heterocycles. The van der Waals surface area contributed by atoms with Crippen LogP contribution < -0.4 is 0 Å². The first kappa shape index (κ1) is 14.9. The summed E-state index contributed by atoms with van der Waals surface area (Å²) < 4.78 is 4.77. The van der Waals surface area contributed by atoms with Crippen LogP contribution >= 0.6 is 0 Å². The Balaban J connectivity index is 0.00000106. The summed E-state index contributed by atoms with van der Waals surface area (Å²) in [6.45, 7) is 8.08. The molecule has 0 N–H and O–H groups in total. The molecule has 0 amide bonds. The maximum absolute atomic E-state index is 11.4. The fourth-order valence-corrected chi connectivity index (χ4v) is 1.99. The van der Waals surface area contributed by atoms with Crippen molar-refractivity contribution in [2.45, 2.75) is 47.0 Å². The quantitative estimate of drug-likeness (QED) is 0.632. The third-order valence-corrected chi connectivity index (χ3v) is 2.87. The molecule has 0 bridgehead atoms. The molecule has 92 valence electrons. The van der Waals surface area contributed by atoms with Crippen LogP contribution in [0.4, 0.5) is 0 Å². The first-order valence-corrected chi connectivity index (χ1v) is 6.11. The van der Waals surface area contributed by atoms with Gasteiger partial charge in [0, 0.05) is 0 Å². The van der Waals surface area contributed by atoms with Crippen LogP contribution in [0.5, 0.6) is 0 Å². The number of carbonyl (C=O) groups excluding carboxylic acids is 1. The van der Waals surface area contributed by atoms with Gasteiger partial charge in [-0.3, -0.25) is 4.79 Å². The van der Waals surface area contributed by atoms with Crippen molar-refractivity contribution >= 4 is 5.97 Å². The highest BCUT2D eigenvalue weighted by atomic mass is 16.5. The first-order chi connectivity index (χ1) is 7.72. The fourth-order valence-electron chi connectivity index (χ4n) is 1.99. The van der Waals surface area contributed by atoms with Gasteiger partial charge < -0.3 is 4.74 Å². The number of methoxy groups -OCH3 is 1. The van der Waals surface area contributed by atoms with Gasteiger partial charge in [0.2, 0.25) is 0 Å². The number of esters is 1. The van der Waals surface area contributed by atoms with Crippen LogP contribution in [-0.2, 0) is 9.53 Å². The second kappa shape index (κ2) is 8.14. The molecule has 0 saturated heterocycles. The highest BCUT2D eigenvalue weighted by molar-refractivity contribution is 5.73. The van der Waals surface area contributed by atoms with Crippen molar-refractivity contribution in [1.82, 2.24) is 0 Å². The van der Waals surface area contributed by atoms with Crippen molar-refractivity contribution in [3.63, 3.8) is 0 Å². The summed E-state index contributed by atoms with van der Waals surface area (Å²) in [6.07, 6.45) is 7.00. The lowest BCUT2D eigenvalue weighted by atomic mass is 9.82. The van der Waals surface area contributed by atoms with Gasteiger partial charge in [0.25, 0.3) is 0 Å². The summed E-state index contributed by atoms with van der Waals surface area (Å²) in [5, 5.41) is 0. The summed E-state index contributed by atoms with van der Waals surface area (Å²) in [4.78, 5) is 11.4. The third kappa shape index (κ3) is 3.84. The molecule has 0 aliphatic heterocycles. The van der Waals surface area contributed by atoms with Crippen molar-refractivity contribution in [2.24, 2.45) is 5.92 Å². The molecule has 1 saturated carbocycles. The zero-order chi connectivity index (χ0) is 12.6. The summed E-state index contributed by atoms with van der Waals surface area (Å²) in [7, 11) is 1.46. The number of ether oxygens (including phenoxy) is 1. The van der Waals surface area contributed by atoms with Crippen LogP contribution in [0.2, 0.25) is 0 Å². The highest BCUT2D eigenvalue weighted by Crippen LogP contribution is 2.33. The Bertz CT molecular complexity index is 274. The monoisotopic (exact) mass is 224 g/mol. The number of hydrogen-bond acceptors (Lipinski definition) is 2. The Kier molecular flexibility index (Phi) is 7.61. The number of rotatable bonds is 1. The van der Waals surface area contributed by atoms with E-state index in [0.29, 0.717) is 0 Å². The molecular formula is C14H24O2. The highest BCUT2D eigenvalue weighted by Gasteiger charge is 2.26. The van der Waals surface area contributed by atoms with Crippen LogP contribution in [0.1, 0.15) is 47.0 Å². The van der Waals surface area contributed by atoms with Gasteiger partial charge in [-0.05, 0) is 44.3 Å². The van der Waals surface area contributed by atoms with Crippen LogP contribution in [0.3, 0.4) is 0 Å². The molecule has 0 aromatic carbocycles. The van der Waals surface area contributed by atoms with Gasteiger partial charge in [-0.15, -0.1) is 0 Å². The Morgan fingerprint density at radius 3 is 2.25 bits per heavy atom. The van der Waals surface area contributed by atoms with Crippen LogP contribution in [0.25, 0.3) is 0 Å². The number of carbonyl (C=O) groups is 1. The standard InChI is InChI=1S/C12H18O2.C2H6/c1-4-9-6-7-11(12(13)14-3)8-10(9)5-2;1-2/h4-5,11H,6-8H2,1-3H3;1-2H3/b9-4-,10-5-;. The topological polar surface area (TPSA) is 26.3 Å². The molecule has 0 spiro atoms. The molecule has 0 aromatic rings. The number of allylic oxidation sites excluding steroid dienone is 4. The molecule has 1 atom stereocenters. The molecule has 1 aliphatic rings. The second-order valence-electron chi connectivity index (χ2n) is 3.59. The fraction of sp³-hybridized carbons (Fsp3) is 0.643. The van der Waals surface area contributed by atoms with E-state index < -0.39 is 0 Å². The first-order valence-electron chi connectivity index (χ1n) is 6.11. The van der Waals surface area contributed by atoms with Crippen molar-refractivity contribution in [1.29, 1.82) is 0 Å². The van der Waals surface area contributed by atoms with Gasteiger partial charge in [0.05, 0.1) is 13.0 Å². The maximum Gasteiger partial charge on any atom is 0.309 e. The lowest BCUT2D eigenvalue weighted by Gasteiger charge is -2.24. The SMILES string of the molecule is C/C=C1/CCC(C(=O)OC)C/C1=C/C.CC. The minimum Gasteiger partial charge on any atom is -0.469 e. The minimum absolute atomic E-state index is 0.0647. The zero-order valence-corrected chi connectivity index (χ0v) is 11.2. The smallest absolute Gasteiger partial charge is 0.309 e. The molecule has 0 radical (unpaired) electrons. The molecule has 0 aromatic heterocycles. The lowest BCUT2D eigenvalue weighted by Crippen LogP contribution is -2.21. The van der Waals surface area contributed by atoms with Gasteiger partial charge in [-0.1, -0.05) is 26.0 Å². The van der Waals surface area contributed by atoms with E-state index in [2.05, 4.69) is 19.1 Å². The summed E-state index contributed by atoms with van der Waals surface area (Å²) >= 11 is 0. The van der Waals surface area contributed by atoms with E-state index in [9.17, 15) is 4.79 Å². The summed E-state index contributed by atoms with van der Waals surface area (Å²) in [5.41, 5.74) is 2.68. The van der Waals surface area contributed by atoms with E-state index in [1.807, 2.05) is 20.8 Å². The number of hydrogen-bond donors (Lipinski definition) is 0. The van der Waals surface area contributed by atoms with E-state index in [0.717, 1.165) is 19.3 Å². The molecule has 1 fully saturated rings. The molecule has 1 unspecified atom stereocenters. The Hall–Kier alpha value is -1.05. The molecular weight excluding hydrogens is 200 g/mol. The van der Waals surface area contributed by atoms with Crippen LogP contribution in [0.15, 0.2) is 23.3 Å². The zero-order valence-electron chi connectivity index (χ0n) is 11.2. The van der Waals surface area contributed by atoms with Crippen molar-refractivity contribution in [3.8, 4) is 0 Å². The van der Waals surface area contributed by atoms with Crippen molar-refractivity contribution < 1.29 is 9.53 Å². The minimum atomic E-state index is -0.0699. The molecule has 16 heavy (non-hydrogen) atoms. The maximum atomic E-state index is 11.4. The average Bonchev–Trinajstić information content (AvgIpc) is 2.39. The third-order valence-electron chi connectivity index (χ3n) is 2.87. The molecule has 2 nitrogen and oxygen atoms in total. The van der Waals surface area contributed by atoms with E-state index in [4.69, 9.17) is 4.74 Å². The van der Waals surface area contributed by atoms with E-state index in [1.165, 1.54) is 18.3 Å².